The van der Waals surface area contributed by atoms with E-state index in [0.29, 0.717) is 6.54 Å². The molecule has 0 atom stereocenters. The summed E-state index contributed by atoms with van der Waals surface area (Å²) >= 11 is 3.42. The number of halogens is 1. The lowest BCUT2D eigenvalue weighted by atomic mass is 10.2. The third kappa shape index (κ3) is 1.37. The molecular formula is C9H7BrN2O. The van der Waals surface area contributed by atoms with Crippen molar-refractivity contribution in [2.45, 2.75) is 6.54 Å². The molecule has 1 aromatic heterocycles. The van der Waals surface area contributed by atoms with E-state index >= 15 is 0 Å². The second-order valence-corrected chi connectivity index (χ2v) is 3.52. The van der Waals surface area contributed by atoms with Crippen molar-refractivity contribution in [2.24, 2.45) is 0 Å². The highest BCUT2D eigenvalue weighted by molar-refractivity contribution is 9.10. The molecule has 3 nitrogen and oxygen atoms in total. The lowest BCUT2D eigenvalue weighted by molar-refractivity contribution is -0.108. The Morgan fingerprint density at radius 1 is 1.54 bits per heavy atom. The van der Waals surface area contributed by atoms with E-state index in [9.17, 15) is 4.79 Å². The van der Waals surface area contributed by atoms with Gasteiger partial charge in [-0.2, -0.15) is 5.10 Å². The molecule has 0 aliphatic heterocycles. The van der Waals surface area contributed by atoms with E-state index in [0.717, 1.165) is 21.7 Å². The van der Waals surface area contributed by atoms with Gasteiger partial charge in [0.2, 0.25) is 0 Å². The third-order valence-corrected chi connectivity index (χ3v) is 2.57. The maximum absolute atomic E-state index is 10.3. The monoisotopic (exact) mass is 238 g/mol. The summed E-state index contributed by atoms with van der Waals surface area (Å²) in [6.45, 7) is 0.306. The van der Waals surface area contributed by atoms with Crippen molar-refractivity contribution in [3.8, 4) is 0 Å². The molecule has 66 valence electrons. The maximum atomic E-state index is 10.3. The first-order valence-electron chi connectivity index (χ1n) is 3.86. The van der Waals surface area contributed by atoms with Crippen LogP contribution in [0.25, 0.3) is 10.9 Å². The number of carbonyl (C=O) groups excluding carboxylic acids is 1. The van der Waals surface area contributed by atoms with Crippen LogP contribution in [0.1, 0.15) is 0 Å². The van der Waals surface area contributed by atoms with Crippen LogP contribution in [0, 0.1) is 0 Å². The van der Waals surface area contributed by atoms with Crippen LogP contribution in [0.3, 0.4) is 0 Å². The second-order valence-electron chi connectivity index (χ2n) is 2.67. The van der Waals surface area contributed by atoms with Gasteiger partial charge in [-0.3, -0.25) is 4.68 Å². The minimum absolute atomic E-state index is 0.306. The van der Waals surface area contributed by atoms with Gasteiger partial charge in [-0.1, -0.05) is 22.0 Å². The summed E-state index contributed by atoms with van der Waals surface area (Å²) in [5.74, 6) is 0. The van der Waals surface area contributed by atoms with Gasteiger partial charge in [0, 0.05) is 9.86 Å². The van der Waals surface area contributed by atoms with E-state index in [-0.39, 0.29) is 0 Å². The number of aldehydes is 1. The largest absolute Gasteiger partial charge is 0.301 e. The van der Waals surface area contributed by atoms with E-state index in [1.165, 1.54) is 0 Å². The van der Waals surface area contributed by atoms with Crippen molar-refractivity contribution in [1.29, 1.82) is 0 Å². The Hall–Kier alpha value is -1.16. The molecule has 0 spiro atoms. The summed E-state index contributed by atoms with van der Waals surface area (Å²) in [5.41, 5.74) is 0.974. The van der Waals surface area contributed by atoms with E-state index in [1.54, 1.807) is 10.9 Å². The summed E-state index contributed by atoms with van der Waals surface area (Å²) in [6.07, 6.45) is 2.59. The van der Waals surface area contributed by atoms with E-state index in [2.05, 4.69) is 21.0 Å². The van der Waals surface area contributed by atoms with Crippen LogP contribution in [-0.4, -0.2) is 16.1 Å². The molecule has 1 aromatic carbocycles. The number of fused-ring (bicyclic) bond motifs is 1. The van der Waals surface area contributed by atoms with Gasteiger partial charge in [0.05, 0.1) is 18.3 Å². The Labute approximate surface area is 83.5 Å². The highest BCUT2D eigenvalue weighted by Gasteiger charge is 2.03. The normalized spacial score (nSPS) is 10.5. The Kier molecular flexibility index (Phi) is 2.14. The number of aromatic nitrogens is 2. The van der Waals surface area contributed by atoms with Gasteiger partial charge < -0.3 is 4.79 Å². The zero-order valence-electron chi connectivity index (χ0n) is 6.77. The minimum atomic E-state index is 0.306. The van der Waals surface area contributed by atoms with Crippen molar-refractivity contribution in [3.63, 3.8) is 0 Å². The fourth-order valence-electron chi connectivity index (χ4n) is 1.28. The number of hydrogen-bond acceptors (Lipinski definition) is 2. The van der Waals surface area contributed by atoms with Crippen molar-refractivity contribution in [3.05, 3.63) is 28.9 Å². The molecule has 0 saturated carbocycles. The van der Waals surface area contributed by atoms with Gasteiger partial charge >= 0.3 is 0 Å². The molecule has 2 rings (SSSR count). The zero-order chi connectivity index (χ0) is 9.26. The standard InChI is InChI=1S/C9H7BrN2O/c10-8-2-1-3-9-7(8)6-11-12(9)4-5-13/h1-3,5-6H,4H2. The van der Waals surface area contributed by atoms with E-state index < -0.39 is 0 Å². The molecule has 0 radical (unpaired) electrons. The first-order chi connectivity index (χ1) is 6.33. The molecule has 0 fully saturated rings. The van der Waals surface area contributed by atoms with Crippen molar-refractivity contribution in [1.82, 2.24) is 9.78 Å². The van der Waals surface area contributed by atoms with Gasteiger partial charge in [0.15, 0.2) is 0 Å². The number of hydrogen-bond donors (Lipinski definition) is 0. The molecule has 0 N–H and O–H groups in total. The van der Waals surface area contributed by atoms with Gasteiger partial charge in [-0.05, 0) is 12.1 Å². The zero-order valence-corrected chi connectivity index (χ0v) is 8.36. The molecule has 0 amide bonds. The Morgan fingerprint density at radius 2 is 2.38 bits per heavy atom. The molecule has 0 saturated heterocycles. The van der Waals surface area contributed by atoms with Gasteiger partial charge in [-0.25, -0.2) is 0 Å². The van der Waals surface area contributed by atoms with Gasteiger partial charge in [0.1, 0.15) is 6.29 Å². The molecule has 0 bridgehead atoms. The highest BCUT2D eigenvalue weighted by atomic mass is 79.9. The van der Waals surface area contributed by atoms with Gasteiger partial charge in [-0.15, -0.1) is 0 Å². The van der Waals surface area contributed by atoms with Gasteiger partial charge in [0.25, 0.3) is 0 Å². The average molecular weight is 239 g/mol. The van der Waals surface area contributed by atoms with Crippen molar-refractivity contribution in [2.75, 3.05) is 0 Å². The third-order valence-electron chi connectivity index (χ3n) is 1.88. The van der Waals surface area contributed by atoms with E-state index in [1.807, 2.05) is 18.2 Å². The van der Waals surface area contributed by atoms with E-state index in [4.69, 9.17) is 0 Å². The Morgan fingerprint density at radius 3 is 3.15 bits per heavy atom. The average Bonchev–Trinajstić information content (AvgIpc) is 2.51. The summed E-state index contributed by atoms with van der Waals surface area (Å²) in [5, 5.41) is 5.13. The van der Waals surface area contributed by atoms with Crippen LogP contribution in [0.15, 0.2) is 28.9 Å². The van der Waals surface area contributed by atoms with Crippen LogP contribution >= 0.6 is 15.9 Å². The lowest BCUT2D eigenvalue weighted by Gasteiger charge is -1.97. The highest BCUT2D eigenvalue weighted by Crippen LogP contribution is 2.22. The fraction of sp³-hybridized carbons (Fsp3) is 0.111. The Balaban J connectivity index is 2.67. The molecule has 0 aliphatic carbocycles. The summed E-state index contributed by atoms with van der Waals surface area (Å²) < 4.78 is 2.68. The number of nitrogens with zero attached hydrogens (tertiary/aromatic N) is 2. The molecule has 1 heterocycles. The first kappa shape index (κ1) is 8.44. The molecular weight excluding hydrogens is 232 g/mol. The minimum Gasteiger partial charge on any atom is -0.301 e. The van der Waals surface area contributed by atoms with Crippen LogP contribution in [0.2, 0.25) is 0 Å². The van der Waals surface area contributed by atoms with Crippen LogP contribution < -0.4 is 0 Å². The van der Waals surface area contributed by atoms with Crippen LogP contribution in [0.5, 0.6) is 0 Å². The quantitative estimate of drug-likeness (QED) is 0.751. The topological polar surface area (TPSA) is 34.9 Å². The SMILES string of the molecule is O=CCn1ncc2c(Br)cccc21. The number of rotatable bonds is 2. The molecule has 0 aliphatic rings. The van der Waals surface area contributed by atoms with Crippen molar-refractivity contribution >= 4 is 33.1 Å². The predicted octanol–water partition coefficient (Wildman–Crippen LogP) is 2.00. The first-order valence-corrected chi connectivity index (χ1v) is 4.66. The predicted molar refractivity (Wildman–Crippen MR) is 53.5 cm³/mol. The number of carbonyl (C=O) groups is 1. The van der Waals surface area contributed by atoms with Crippen molar-refractivity contribution < 1.29 is 4.79 Å². The summed E-state index contributed by atoms with van der Waals surface area (Å²) in [7, 11) is 0. The molecule has 13 heavy (non-hydrogen) atoms. The summed E-state index contributed by atoms with van der Waals surface area (Å²) in [6, 6.07) is 5.82. The molecule has 4 heteroatoms. The molecule has 0 unspecified atom stereocenters. The van der Waals surface area contributed by atoms with Crippen LogP contribution in [0.4, 0.5) is 0 Å². The van der Waals surface area contributed by atoms with Crippen LogP contribution in [-0.2, 0) is 11.3 Å². The number of benzene rings is 1. The fourth-order valence-corrected chi connectivity index (χ4v) is 1.74. The molecule has 2 aromatic rings. The maximum Gasteiger partial charge on any atom is 0.141 e. The summed E-state index contributed by atoms with van der Waals surface area (Å²) in [4.78, 5) is 10.3. The smallest absolute Gasteiger partial charge is 0.141 e. The lowest BCUT2D eigenvalue weighted by Crippen LogP contribution is -1.99. The Bertz CT molecular complexity index is 450. The second kappa shape index (κ2) is 3.30.